The summed E-state index contributed by atoms with van der Waals surface area (Å²) in [6.07, 6.45) is 3.99. The van der Waals surface area contributed by atoms with Crippen LogP contribution >= 0.6 is 0 Å². The Labute approximate surface area is 116 Å². The number of benzene rings is 1. The van der Waals surface area contributed by atoms with Gasteiger partial charge in [-0.25, -0.2) is 0 Å². The van der Waals surface area contributed by atoms with E-state index in [-0.39, 0.29) is 0 Å². The van der Waals surface area contributed by atoms with Crippen molar-refractivity contribution in [3.63, 3.8) is 0 Å². The van der Waals surface area contributed by atoms with Crippen molar-refractivity contribution >= 4 is 0 Å². The normalized spacial score (nSPS) is 17.5. The lowest BCUT2D eigenvalue weighted by Crippen LogP contribution is -2.56. The van der Waals surface area contributed by atoms with Crippen LogP contribution in [-0.4, -0.2) is 38.2 Å². The third-order valence-corrected chi connectivity index (χ3v) is 4.42. The molecule has 0 unspecified atom stereocenters. The van der Waals surface area contributed by atoms with Crippen molar-refractivity contribution < 1.29 is 4.74 Å². The number of ether oxygens (including phenoxy) is 1. The molecule has 1 aromatic carbocycles. The second-order valence-electron chi connectivity index (χ2n) is 5.78. The van der Waals surface area contributed by atoms with Crippen molar-refractivity contribution in [2.24, 2.45) is 0 Å². The van der Waals surface area contributed by atoms with Crippen molar-refractivity contribution in [1.29, 1.82) is 0 Å². The number of hydrogen-bond donors (Lipinski definition) is 1. The fourth-order valence-corrected chi connectivity index (χ4v) is 2.82. The summed E-state index contributed by atoms with van der Waals surface area (Å²) in [5.41, 5.74) is 3.01. The molecule has 0 radical (unpaired) electrons. The summed E-state index contributed by atoms with van der Waals surface area (Å²) >= 11 is 0. The minimum atomic E-state index is 0.385. The Balaban J connectivity index is 1.89. The summed E-state index contributed by atoms with van der Waals surface area (Å²) in [4.78, 5) is 2.38. The third kappa shape index (κ3) is 3.35. The topological polar surface area (TPSA) is 24.5 Å². The van der Waals surface area contributed by atoms with Gasteiger partial charge in [-0.15, -0.1) is 0 Å². The smallest absolute Gasteiger partial charge is 0.0716 e. The number of hydrogen-bond acceptors (Lipinski definition) is 3. The number of nitrogens with one attached hydrogen (secondary N) is 1. The summed E-state index contributed by atoms with van der Waals surface area (Å²) in [6.45, 7) is 2.69. The Kier molecular flexibility index (Phi) is 4.97. The van der Waals surface area contributed by atoms with Crippen LogP contribution in [0.2, 0.25) is 0 Å². The Morgan fingerprint density at radius 1 is 1.21 bits per heavy atom. The van der Waals surface area contributed by atoms with Crippen molar-refractivity contribution in [2.75, 3.05) is 27.7 Å². The summed E-state index contributed by atoms with van der Waals surface area (Å²) in [5.74, 6) is 0. The van der Waals surface area contributed by atoms with Crippen molar-refractivity contribution in [1.82, 2.24) is 10.2 Å². The molecule has 0 bridgehead atoms. The maximum absolute atomic E-state index is 5.25. The fraction of sp³-hybridized carbons (Fsp3) is 0.625. The minimum absolute atomic E-state index is 0.385. The molecule has 1 N–H and O–H groups in total. The van der Waals surface area contributed by atoms with E-state index in [9.17, 15) is 0 Å². The quantitative estimate of drug-likeness (QED) is 0.816. The molecule has 1 aliphatic rings. The van der Waals surface area contributed by atoms with Gasteiger partial charge < -0.3 is 15.0 Å². The first-order chi connectivity index (χ1) is 9.18. The zero-order valence-corrected chi connectivity index (χ0v) is 12.4. The molecule has 0 aliphatic heterocycles. The van der Waals surface area contributed by atoms with Crippen molar-refractivity contribution in [3.05, 3.63) is 35.4 Å². The van der Waals surface area contributed by atoms with Gasteiger partial charge in [0.15, 0.2) is 0 Å². The highest BCUT2D eigenvalue weighted by Gasteiger charge is 2.38. The monoisotopic (exact) mass is 262 g/mol. The van der Waals surface area contributed by atoms with Crippen LogP contribution in [0.3, 0.4) is 0 Å². The van der Waals surface area contributed by atoms with E-state index in [1.807, 2.05) is 0 Å². The van der Waals surface area contributed by atoms with E-state index < -0.39 is 0 Å². The van der Waals surface area contributed by atoms with Crippen LogP contribution in [0, 0.1) is 0 Å². The van der Waals surface area contributed by atoms with Crippen LogP contribution in [0.1, 0.15) is 30.4 Å². The van der Waals surface area contributed by atoms with Gasteiger partial charge >= 0.3 is 0 Å². The maximum atomic E-state index is 5.25. The standard InChI is InChI=1S/C16H26N2O/c1-18(2)16(9-6-10-16)13-17-11-14-7-4-5-8-15(14)12-19-3/h4-5,7-8,17H,6,9-13H2,1-3H3. The highest BCUT2D eigenvalue weighted by molar-refractivity contribution is 5.26. The van der Waals surface area contributed by atoms with E-state index in [2.05, 4.69) is 48.6 Å². The molecule has 0 heterocycles. The molecule has 1 aliphatic carbocycles. The molecule has 0 saturated heterocycles. The highest BCUT2D eigenvalue weighted by Crippen LogP contribution is 2.35. The second kappa shape index (κ2) is 6.51. The molecule has 1 fully saturated rings. The molecule has 0 spiro atoms. The van der Waals surface area contributed by atoms with Gasteiger partial charge in [0.1, 0.15) is 0 Å². The van der Waals surface area contributed by atoms with E-state index in [1.165, 1.54) is 30.4 Å². The Morgan fingerprint density at radius 3 is 2.42 bits per heavy atom. The van der Waals surface area contributed by atoms with Gasteiger partial charge in [-0.3, -0.25) is 0 Å². The van der Waals surface area contributed by atoms with Gasteiger partial charge in [0.2, 0.25) is 0 Å². The molecule has 106 valence electrons. The largest absolute Gasteiger partial charge is 0.380 e. The number of nitrogens with zero attached hydrogens (tertiary/aromatic N) is 1. The number of rotatable bonds is 7. The molecule has 0 aromatic heterocycles. The van der Waals surface area contributed by atoms with Gasteiger partial charge in [-0.2, -0.15) is 0 Å². The summed E-state index contributed by atoms with van der Waals surface area (Å²) in [6, 6.07) is 8.50. The predicted molar refractivity (Wildman–Crippen MR) is 79.1 cm³/mol. The summed E-state index contributed by atoms with van der Waals surface area (Å²) in [5, 5.41) is 3.63. The molecule has 0 amide bonds. The third-order valence-electron chi connectivity index (χ3n) is 4.42. The Hall–Kier alpha value is -0.900. The van der Waals surface area contributed by atoms with Crippen LogP contribution in [0.15, 0.2) is 24.3 Å². The number of methoxy groups -OCH3 is 1. The van der Waals surface area contributed by atoms with Gasteiger partial charge in [0.05, 0.1) is 6.61 Å². The molecular formula is C16H26N2O. The van der Waals surface area contributed by atoms with Gasteiger partial charge in [0, 0.05) is 25.7 Å². The first kappa shape index (κ1) is 14.5. The van der Waals surface area contributed by atoms with Gasteiger partial charge in [0.25, 0.3) is 0 Å². The lowest BCUT2D eigenvalue weighted by atomic mass is 9.75. The summed E-state index contributed by atoms with van der Waals surface area (Å²) < 4.78 is 5.25. The van der Waals surface area contributed by atoms with Crippen molar-refractivity contribution in [3.8, 4) is 0 Å². The van der Waals surface area contributed by atoms with E-state index in [4.69, 9.17) is 4.74 Å². The zero-order chi connectivity index (χ0) is 13.7. The molecule has 2 rings (SSSR count). The van der Waals surface area contributed by atoms with Crippen LogP contribution in [0.4, 0.5) is 0 Å². The Morgan fingerprint density at radius 2 is 1.89 bits per heavy atom. The van der Waals surface area contributed by atoms with E-state index in [0.717, 1.165) is 13.1 Å². The average Bonchev–Trinajstić information content (AvgIpc) is 2.34. The van der Waals surface area contributed by atoms with E-state index in [1.54, 1.807) is 7.11 Å². The fourth-order valence-electron chi connectivity index (χ4n) is 2.82. The molecular weight excluding hydrogens is 236 g/mol. The van der Waals surface area contributed by atoms with E-state index >= 15 is 0 Å². The first-order valence-electron chi connectivity index (χ1n) is 7.12. The van der Waals surface area contributed by atoms with Crippen LogP contribution in [0.5, 0.6) is 0 Å². The molecule has 1 saturated carbocycles. The molecule has 19 heavy (non-hydrogen) atoms. The lowest BCUT2D eigenvalue weighted by molar-refractivity contribution is 0.0597. The van der Waals surface area contributed by atoms with Crippen molar-refractivity contribution in [2.45, 2.75) is 38.0 Å². The Bertz CT molecular complexity index is 399. The number of likely N-dealkylation sites (N-methyl/N-ethyl adjacent to an activating group) is 1. The predicted octanol–water partition coefficient (Wildman–Crippen LogP) is 2.41. The first-order valence-corrected chi connectivity index (χ1v) is 7.12. The second-order valence-corrected chi connectivity index (χ2v) is 5.78. The van der Waals surface area contributed by atoms with Crippen LogP contribution < -0.4 is 5.32 Å². The minimum Gasteiger partial charge on any atom is -0.380 e. The molecule has 3 heteroatoms. The van der Waals surface area contributed by atoms with Gasteiger partial charge in [-0.05, 0) is 44.5 Å². The molecule has 0 atom stereocenters. The van der Waals surface area contributed by atoms with E-state index in [0.29, 0.717) is 12.1 Å². The lowest BCUT2D eigenvalue weighted by Gasteiger charge is -2.47. The van der Waals surface area contributed by atoms with Crippen LogP contribution in [0.25, 0.3) is 0 Å². The maximum Gasteiger partial charge on any atom is 0.0716 e. The zero-order valence-electron chi connectivity index (χ0n) is 12.4. The molecule has 1 aromatic rings. The summed E-state index contributed by atoms with van der Waals surface area (Å²) in [7, 11) is 6.14. The highest BCUT2D eigenvalue weighted by atomic mass is 16.5. The molecule has 3 nitrogen and oxygen atoms in total. The van der Waals surface area contributed by atoms with Gasteiger partial charge in [-0.1, -0.05) is 24.3 Å². The SMILES string of the molecule is COCc1ccccc1CNCC1(N(C)C)CCC1. The van der Waals surface area contributed by atoms with Crippen LogP contribution in [-0.2, 0) is 17.9 Å². The average molecular weight is 262 g/mol.